The number of aryl methyl sites for hydroxylation is 2. The van der Waals surface area contributed by atoms with E-state index in [0.29, 0.717) is 0 Å². The topological polar surface area (TPSA) is 42.7 Å². The molecule has 2 aromatic rings. The van der Waals surface area contributed by atoms with Crippen molar-refractivity contribution in [2.75, 3.05) is 5.32 Å². The molecule has 0 spiro atoms. The first-order chi connectivity index (χ1) is 7.56. The zero-order valence-electron chi connectivity index (χ0n) is 8.83. The Bertz CT molecular complexity index is 522. The second-order valence-electron chi connectivity index (χ2n) is 3.41. The number of aromatic nitrogens is 3. The predicted molar refractivity (Wildman–Crippen MR) is 70.9 cm³/mol. The molecule has 4 nitrogen and oxygen atoms in total. The highest BCUT2D eigenvalue weighted by Crippen LogP contribution is 2.27. The molecule has 0 radical (unpaired) electrons. The Morgan fingerprint density at radius 1 is 1.38 bits per heavy atom. The average Bonchev–Trinajstić information content (AvgIpc) is 2.50. The Morgan fingerprint density at radius 3 is 2.69 bits per heavy atom. The normalized spacial score (nSPS) is 10.5. The summed E-state index contributed by atoms with van der Waals surface area (Å²) in [6, 6.07) is 1.95. The minimum Gasteiger partial charge on any atom is -0.337 e. The van der Waals surface area contributed by atoms with E-state index in [9.17, 15) is 0 Å². The van der Waals surface area contributed by atoms with E-state index in [4.69, 9.17) is 0 Å². The second kappa shape index (κ2) is 4.55. The highest BCUT2D eigenvalue weighted by atomic mass is 79.9. The molecule has 16 heavy (non-hydrogen) atoms. The Kier molecular flexibility index (Phi) is 3.30. The SMILES string of the molecule is Cc1nn(C)cc1Nc1ncc(Br)cc1Br. The van der Waals surface area contributed by atoms with E-state index in [0.717, 1.165) is 26.1 Å². The summed E-state index contributed by atoms with van der Waals surface area (Å²) in [7, 11) is 1.89. The van der Waals surface area contributed by atoms with Crippen molar-refractivity contribution in [3.05, 3.63) is 33.1 Å². The van der Waals surface area contributed by atoms with Crippen LogP contribution in [0.1, 0.15) is 5.69 Å². The van der Waals surface area contributed by atoms with E-state index in [1.807, 2.05) is 26.2 Å². The molecule has 2 heterocycles. The van der Waals surface area contributed by atoms with Crippen molar-refractivity contribution in [1.29, 1.82) is 0 Å². The van der Waals surface area contributed by atoms with Gasteiger partial charge in [-0.2, -0.15) is 5.10 Å². The van der Waals surface area contributed by atoms with E-state index in [1.165, 1.54) is 0 Å². The first kappa shape index (κ1) is 11.6. The van der Waals surface area contributed by atoms with Crippen molar-refractivity contribution in [1.82, 2.24) is 14.8 Å². The van der Waals surface area contributed by atoms with Crippen LogP contribution in [0, 0.1) is 6.92 Å². The summed E-state index contributed by atoms with van der Waals surface area (Å²) in [5, 5.41) is 7.48. The van der Waals surface area contributed by atoms with Crippen LogP contribution in [0.3, 0.4) is 0 Å². The summed E-state index contributed by atoms with van der Waals surface area (Å²) in [4.78, 5) is 4.28. The van der Waals surface area contributed by atoms with Crippen LogP contribution in [0.4, 0.5) is 11.5 Å². The maximum Gasteiger partial charge on any atom is 0.144 e. The third kappa shape index (κ3) is 2.44. The van der Waals surface area contributed by atoms with E-state index in [1.54, 1.807) is 10.9 Å². The van der Waals surface area contributed by atoms with Crippen LogP contribution in [0.25, 0.3) is 0 Å². The van der Waals surface area contributed by atoms with Gasteiger partial charge in [0.2, 0.25) is 0 Å². The van der Waals surface area contributed by atoms with Gasteiger partial charge in [0.05, 0.1) is 15.9 Å². The molecule has 2 aromatic heterocycles. The van der Waals surface area contributed by atoms with Gasteiger partial charge in [-0.15, -0.1) is 0 Å². The van der Waals surface area contributed by atoms with E-state index in [2.05, 4.69) is 47.3 Å². The van der Waals surface area contributed by atoms with Gasteiger partial charge in [0, 0.05) is 23.9 Å². The van der Waals surface area contributed by atoms with E-state index >= 15 is 0 Å². The fraction of sp³-hybridized carbons (Fsp3) is 0.200. The molecule has 2 rings (SSSR count). The van der Waals surface area contributed by atoms with Crippen molar-refractivity contribution in [3.8, 4) is 0 Å². The maximum absolute atomic E-state index is 4.28. The molecule has 0 amide bonds. The number of pyridine rings is 1. The third-order valence-electron chi connectivity index (χ3n) is 2.07. The van der Waals surface area contributed by atoms with Crippen molar-refractivity contribution < 1.29 is 0 Å². The number of halogens is 2. The quantitative estimate of drug-likeness (QED) is 0.907. The molecule has 1 N–H and O–H groups in total. The summed E-state index contributed by atoms with van der Waals surface area (Å²) in [6.07, 6.45) is 3.67. The number of hydrogen-bond donors (Lipinski definition) is 1. The minimum absolute atomic E-state index is 0.777. The van der Waals surface area contributed by atoms with Crippen LogP contribution in [0.15, 0.2) is 27.4 Å². The predicted octanol–water partition coefficient (Wildman–Crippen LogP) is 3.39. The van der Waals surface area contributed by atoms with Gasteiger partial charge in [0.1, 0.15) is 5.82 Å². The van der Waals surface area contributed by atoms with Gasteiger partial charge >= 0.3 is 0 Å². The van der Waals surface area contributed by atoms with Crippen LogP contribution >= 0.6 is 31.9 Å². The Morgan fingerprint density at radius 2 is 2.12 bits per heavy atom. The number of rotatable bonds is 2. The van der Waals surface area contributed by atoms with Crippen LogP contribution in [-0.4, -0.2) is 14.8 Å². The summed E-state index contributed by atoms with van der Waals surface area (Å²) in [6.45, 7) is 1.95. The second-order valence-corrected chi connectivity index (χ2v) is 5.18. The molecule has 0 unspecified atom stereocenters. The lowest BCUT2D eigenvalue weighted by atomic mass is 10.4. The van der Waals surface area contributed by atoms with Gasteiger partial charge in [-0.25, -0.2) is 4.98 Å². The summed E-state index contributed by atoms with van der Waals surface area (Å²) < 4.78 is 3.61. The smallest absolute Gasteiger partial charge is 0.144 e. The molecule has 0 bridgehead atoms. The fourth-order valence-corrected chi connectivity index (χ4v) is 2.44. The average molecular weight is 346 g/mol. The Balaban J connectivity index is 2.30. The number of hydrogen-bond acceptors (Lipinski definition) is 3. The molecule has 0 saturated carbocycles. The molecule has 0 aliphatic heterocycles. The molecule has 0 aliphatic rings. The zero-order valence-corrected chi connectivity index (χ0v) is 12.0. The Labute approximate surface area is 110 Å². The lowest BCUT2D eigenvalue weighted by molar-refractivity contribution is 0.756. The van der Waals surface area contributed by atoms with Crippen molar-refractivity contribution in [2.24, 2.45) is 7.05 Å². The highest BCUT2D eigenvalue weighted by Gasteiger charge is 2.07. The van der Waals surface area contributed by atoms with Gasteiger partial charge in [-0.1, -0.05) is 0 Å². The largest absolute Gasteiger partial charge is 0.337 e. The van der Waals surface area contributed by atoms with Crippen LogP contribution in [0.2, 0.25) is 0 Å². The molecule has 0 fully saturated rings. The molecule has 0 atom stereocenters. The van der Waals surface area contributed by atoms with E-state index < -0.39 is 0 Å². The van der Waals surface area contributed by atoms with Gasteiger partial charge < -0.3 is 5.32 Å². The van der Waals surface area contributed by atoms with Crippen molar-refractivity contribution >= 4 is 43.4 Å². The Hall–Kier alpha value is -0.880. The van der Waals surface area contributed by atoms with Gasteiger partial charge in [-0.3, -0.25) is 4.68 Å². The summed E-state index contributed by atoms with van der Waals surface area (Å²) in [5.41, 5.74) is 1.90. The molecule has 0 aliphatic carbocycles. The molecule has 84 valence electrons. The molecular formula is C10H10Br2N4. The lowest BCUT2D eigenvalue weighted by Crippen LogP contribution is -1.94. The maximum atomic E-state index is 4.28. The van der Waals surface area contributed by atoms with Gasteiger partial charge in [0.15, 0.2) is 0 Å². The monoisotopic (exact) mass is 344 g/mol. The van der Waals surface area contributed by atoms with Crippen molar-refractivity contribution in [3.63, 3.8) is 0 Å². The van der Waals surface area contributed by atoms with Crippen molar-refractivity contribution in [2.45, 2.75) is 6.92 Å². The molecular weight excluding hydrogens is 336 g/mol. The number of anilines is 2. The minimum atomic E-state index is 0.777. The number of nitrogens with zero attached hydrogens (tertiary/aromatic N) is 3. The molecule has 0 aromatic carbocycles. The van der Waals surface area contributed by atoms with Crippen LogP contribution in [0.5, 0.6) is 0 Å². The first-order valence-corrected chi connectivity index (χ1v) is 6.23. The van der Waals surface area contributed by atoms with Crippen LogP contribution in [-0.2, 0) is 7.05 Å². The standard InChI is InChI=1S/C10H10Br2N4/c1-6-9(5-16(2)15-6)14-10-8(12)3-7(11)4-13-10/h3-5H,1-2H3,(H,13,14). The van der Waals surface area contributed by atoms with Gasteiger partial charge in [-0.05, 0) is 44.8 Å². The van der Waals surface area contributed by atoms with E-state index in [-0.39, 0.29) is 0 Å². The van der Waals surface area contributed by atoms with Gasteiger partial charge in [0.25, 0.3) is 0 Å². The summed E-state index contributed by atoms with van der Waals surface area (Å²) in [5.74, 6) is 0.777. The number of nitrogens with one attached hydrogen (secondary N) is 1. The third-order valence-corrected chi connectivity index (χ3v) is 3.11. The summed E-state index contributed by atoms with van der Waals surface area (Å²) >= 11 is 6.82. The lowest BCUT2D eigenvalue weighted by Gasteiger charge is -2.06. The zero-order chi connectivity index (χ0) is 11.7. The molecule has 6 heteroatoms. The highest BCUT2D eigenvalue weighted by molar-refractivity contribution is 9.11. The molecule has 0 saturated heterocycles. The fourth-order valence-electron chi connectivity index (χ4n) is 1.36. The van der Waals surface area contributed by atoms with Crippen LogP contribution < -0.4 is 5.32 Å². The first-order valence-electron chi connectivity index (χ1n) is 4.64.